The summed E-state index contributed by atoms with van der Waals surface area (Å²) in [5.41, 5.74) is 0. The summed E-state index contributed by atoms with van der Waals surface area (Å²) in [5, 5.41) is 8.04. The average Bonchev–Trinajstić information content (AvgIpc) is 2.35. The van der Waals surface area contributed by atoms with E-state index in [0.29, 0.717) is 6.54 Å². The molecule has 0 amide bonds. The van der Waals surface area contributed by atoms with Gasteiger partial charge in [0.15, 0.2) is 0 Å². The minimum absolute atomic E-state index is 0.348. The molecule has 0 aliphatic carbocycles. The van der Waals surface area contributed by atoms with E-state index in [4.69, 9.17) is 9.84 Å². The Bertz CT molecular complexity index is 301. The lowest BCUT2D eigenvalue weighted by Gasteiger charge is -2.26. The second kappa shape index (κ2) is 7.27. The minimum atomic E-state index is -3.36. The van der Waals surface area contributed by atoms with Crippen molar-refractivity contribution < 1.29 is 18.3 Å². The third-order valence-corrected chi connectivity index (χ3v) is 4.66. The fourth-order valence-electron chi connectivity index (χ4n) is 1.58. The zero-order chi connectivity index (χ0) is 12.7. The molecule has 0 bridgehead atoms. The number of aliphatic hydroxyl groups is 1. The number of hydrogen-bond donors (Lipinski definition) is 2. The van der Waals surface area contributed by atoms with E-state index in [1.165, 1.54) is 6.92 Å². The molecule has 0 spiro atoms. The van der Waals surface area contributed by atoms with Gasteiger partial charge < -0.3 is 9.84 Å². The normalized spacial score (nSPS) is 20.4. The maximum atomic E-state index is 11.5. The summed E-state index contributed by atoms with van der Waals surface area (Å²) in [5.74, 6) is 0. The van der Waals surface area contributed by atoms with Crippen LogP contribution in [0, 0.1) is 0 Å². The van der Waals surface area contributed by atoms with Gasteiger partial charge in [0.05, 0.1) is 25.1 Å². The minimum Gasteiger partial charge on any atom is -0.395 e. The van der Waals surface area contributed by atoms with Crippen molar-refractivity contribution in [3.8, 4) is 0 Å². The maximum Gasteiger partial charge on any atom is 0.216 e. The van der Waals surface area contributed by atoms with Gasteiger partial charge in [0.25, 0.3) is 0 Å². The lowest BCUT2D eigenvalue weighted by molar-refractivity contribution is 0.0376. The molecule has 6 nitrogen and oxygen atoms in total. The first-order valence-electron chi connectivity index (χ1n) is 5.95. The van der Waals surface area contributed by atoms with Gasteiger partial charge in [-0.05, 0) is 19.9 Å². The van der Waals surface area contributed by atoms with E-state index in [1.807, 2.05) is 0 Å². The summed E-state index contributed by atoms with van der Waals surface area (Å²) in [7, 11) is -3.36. The third kappa shape index (κ3) is 5.31. The summed E-state index contributed by atoms with van der Waals surface area (Å²) >= 11 is 0. The van der Waals surface area contributed by atoms with Gasteiger partial charge in [0, 0.05) is 19.6 Å². The molecule has 7 heteroatoms. The molecule has 1 saturated heterocycles. The highest BCUT2D eigenvalue weighted by atomic mass is 32.2. The van der Waals surface area contributed by atoms with Crippen molar-refractivity contribution in [2.45, 2.75) is 18.6 Å². The first-order chi connectivity index (χ1) is 8.06. The number of nitrogens with zero attached hydrogens (tertiary/aromatic N) is 1. The zero-order valence-electron chi connectivity index (χ0n) is 10.3. The van der Waals surface area contributed by atoms with Crippen molar-refractivity contribution in [3.63, 3.8) is 0 Å². The SMILES string of the molecule is CC(CO)S(=O)(=O)NCCCN1CCOCC1. The number of hydrogen-bond acceptors (Lipinski definition) is 5. The molecule has 1 aliphatic heterocycles. The van der Waals surface area contributed by atoms with Crippen molar-refractivity contribution in [3.05, 3.63) is 0 Å². The van der Waals surface area contributed by atoms with Gasteiger partial charge >= 0.3 is 0 Å². The van der Waals surface area contributed by atoms with Crippen LogP contribution in [0.2, 0.25) is 0 Å². The molecule has 17 heavy (non-hydrogen) atoms. The Morgan fingerprint density at radius 3 is 2.65 bits per heavy atom. The monoisotopic (exact) mass is 266 g/mol. The van der Waals surface area contributed by atoms with E-state index in [-0.39, 0.29) is 6.61 Å². The summed E-state index contributed by atoms with van der Waals surface area (Å²) in [6.07, 6.45) is 0.775. The Balaban J connectivity index is 2.15. The van der Waals surface area contributed by atoms with Gasteiger partial charge in [-0.3, -0.25) is 4.90 Å². The van der Waals surface area contributed by atoms with E-state index in [1.54, 1.807) is 0 Å². The van der Waals surface area contributed by atoms with E-state index < -0.39 is 15.3 Å². The van der Waals surface area contributed by atoms with Crippen LogP contribution in [-0.2, 0) is 14.8 Å². The molecule has 1 heterocycles. The lowest BCUT2D eigenvalue weighted by atomic mass is 10.3. The molecule has 1 fully saturated rings. The second-order valence-electron chi connectivity index (χ2n) is 4.24. The summed E-state index contributed by atoms with van der Waals surface area (Å²) in [6.45, 7) is 5.78. The van der Waals surface area contributed by atoms with Crippen LogP contribution in [0.15, 0.2) is 0 Å². The first-order valence-corrected chi connectivity index (χ1v) is 7.50. The molecule has 0 aromatic rings. The number of rotatable bonds is 7. The Hall–Kier alpha value is -0.210. The molecular formula is C10H22N2O4S. The number of sulfonamides is 1. The zero-order valence-corrected chi connectivity index (χ0v) is 11.1. The van der Waals surface area contributed by atoms with E-state index in [2.05, 4.69) is 9.62 Å². The largest absolute Gasteiger partial charge is 0.395 e. The Kier molecular flexibility index (Phi) is 6.35. The number of nitrogens with one attached hydrogen (secondary N) is 1. The Morgan fingerprint density at radius 1 is 1.41 bits per heavy atom. The van der Waals surface area contributed by atoms with Gasteiger partial charge in [0.1, 0.15) is 0 Å². The summed E-state index contributed by atoms with van der Waals surface area (Å²) < 4.78 is 30.7. The molecular weight excluding hydrogens is 244 g/mol. The summed E-state index contributed by atoms with van der Waals surface area (Å²) in [6, 6.07) is 0. The molecule has 0 aromatic heterocycles. The highest BCUT2D eigenvalue weighted by Crippen LogP contribution is 1.99. The van der Waals surface area contributed by atoms with E-state index in [9.17, 15) is 8.42 Å². The van der Waals surface area contributed by atoms with E-state index in [0.717, 1.165) is 39.3 Å². The van der Waals surface area contributed by atoms with Gasteiger partial charge in [-0.2, -0.15) is 0 Å². The van der Waals surface area contributed by atoms with Crippen molar-refractivity contribution in [1.29, 1.82) is 0 Å². The van der Waals surface area contributed by atoms with Gasteiger partial charge in [-0.15, -0.1) is 0 Å². The Morgan fingerprint density at radius 2 is 2.06 bits per heavy atom. The third-order valence-electron chi connectivity index (χ3n) is 2.84. The van der Waals surface area contributed by atoms with Gasteiger partial charge in [0.2, 0.25) is 10.0 Å². The molecule has 1 unspecified atom stereocenters. The van der Waals surface area contributed by atoms with Gasteiger partial charge in [-0.25, -0.2) is 13.1 Å². The van der Waals surface area contributed by atoms with Crippen LogP contribution in [-0.4, -0.2) is 69.7 Å². The van der Waals surface area contributed by atoms with E-state index >= 15 is 0 Å². The van der Waals surface area contributed by atoms with Crippen LogP contribution < -0.4 is 4.72 Å². The molecule has 0 aromatic carbocycles. The first kappa shape index (κ1) is 14.8. The Labute approximate surface area is 103 Å². The maximum absolute atomic E-state index is 11.5. The van der Waals surface area contributed by atoms with Crippen molar-refractivity contribution in [1.82, 2.24) is 9.62 Å². The topological polar surface area (TPSA) is 78.9 Å². The predicted octanol–water partition coefficient (Wildman–Crippen LogP) is -0.991. The molecule has 1 atom stereocenters. The fourth-order valence-corrected chi connectivity index (χ4v) is 2.49. The molecule has 1 aliphatic rings. The number of morpholine rings is 1. The van der Waals surface area contributed by atoms with Crippen molar-refractivity contribution in [2.75, 3.05) is 46.0 Å². The highest BCUT2D eigenvalue weighted by Gasteiger charge is 2.18. The average molecular weight is 266 g/mol. The standard InChI is InChI=1S/C10H22N2O4S/c1-10(9-13)17(14,15)11-3-2-4-12-5-7-16-8-6-12/h10-11,13H,2-9H2,1H3. The predicted molar refractivity (Wildman–Crippen MR) is 65.3 cm³/mol. The number of aliphatic hydroxyl groups excluding tert-OH is 1. The molecule has 2 N–H and O–H groups in total. The molecule has 0 saturated carbocycles. The van der Waals surface area contributed by atoms with Crippen LogP contribution in [0.4, 0.5) is 0 Å². The molecule has 102 valence electrons. The quantitative estimate of drug-likeness (QED) is 0.578. The molecule has 1 rings (SSSR count). The summed E-state index contributed by atoms with van der Waals surface area (Å²) in [4.78, 5) is 2.26. The van der Waals surface area contributed by atoms with Crippen LogP contribution in [0.25, 0.3) is 0 Å². The smallest absolute Gasteiger partial charge is 0.216 e. The van der Waals surface area contributed by atoms with Crippen LogP contribution in [0.1, 0.15) is 13.3 Å². The van der Waals surface area contributed by atoms with Gasteiger partial charge in [-0.1, -0.05) is 0 Å². The van der Waals surface area contributed by atoms with Crippen molar-refractivity contribution >= 4 is 10.0 Å². The molecule has 0 radical (unpaired) electrons. The van der Waals surface area contributed by atoms with Crippen LogP contribution >= 0.6 is 0 Å². The highest BCUT2D eigenvalue weighted by molar-refractivity contribution is 7.90. The van der Waals surface area contributed by atoms with Crippen molar-refractivity contribution in [2.24, 2.45) is 0 Å². The fraction of sp³-hybridized carbons (Fsp3) is 1.00. The lowest BCUT2D eigenvalue weighted by Crippen LogP contribution is -2.39. The van der Waals surface area contributed by atoms with Crippen LogP contribution in [0.3, 0.4) is 0 Å². The second-order valence-corrected chi connectivity index (χ2v) is 6.42. The van der Waals surface area contributed by atoms with Crippen LogP contribution in [0.5, 0.6) is 0 Å². The number of ether oxygens (including phenoxy) is 1.